The number of amides is 1. The second-order valence-corrected chi connectivity index (χ2v) is 7.22. The molecule has 22 heavy (non-hydrogen) atoms. The number of nitrogens with one attached hydrogen (secondary N) is 1. The summed E-state index contributed by atoms with van der Waals surface area (Å²) in [5, 5.41) is 5.69. The van der Waals surface area contributed by atoms with Gasteiger partial charge in [-0.1, -0.05) is 56.2 Å². The van der Waals surface area contributed by atoms with Gasteiger partial charge in [0.15, 0.2) is 0 Å². The van der Waals surface area contributed by atoms with E-state index in [1.165, 1.54) is 34.9 Å². The summed E-state index contributed by atoms with van der Waals surface area (Å²) in [6.45, 7) is 2.25. The highest BCUT2D eigenvalue weighted by atomic mass is 32.2. The summed E-state index contributed by atoms with van der Waals surface area (Å²) in [4.78, 5) is 13.4. The van der Waals surface area contributed by atoms with Crippen molar-refractivity contribution in [2.75, 3.05) is 5.75 Å². The number of hydrogen-bond donors (Lipinski definition) is 1. The molecule has 1 N–H and O–H groups in total. The van der Waals surface area contributed by atoms with Crippen molar-refractivity contribution in [2.24, 2.45) is 5.92 Å². The van der Waals surface area contributed by atoms with E-state index in [1.54, 1.807) is 11.8 Å². The number of carbonyl (C=O) groups is 1. The van der Waals surface area contributed by atoms with Gasteiger partial charge in [-0.05, 0) is 35.6 Å². The van der Waals surface area contributed by atoms with E-state index in [0.717, 1.165) is 6.42 Å². The molecule has 0 radical (unpaired) electrons. The van der Waals surface area contributed by atoms with Crippen molar-refractivity contribution in [3.05, 3.63) is 42.5 Å². The van der Waals surface area contributed by atoms with Gasteiger partial charge in [-0.25, -0.2) is 0 Å². The standard InChI is InChI=1S/C19H23NOS/c1-14-7-2-5-11-17(14)20-19(21)13-22-18-12-6-9-15-8-3-4-10-16(15)18/h3-4,6,8-10,12,14,17H,2,5,7,11,13H2,1H3,(H,20,21)/t14-,17+/m0/s1. The Hall–Kier alpha value is -1.48. The van der Waals surface area contributed by atoms with Crippen LogP contribution in [0.4, 0.5) is 0 Å². The first-order chi connectivity index (χ1) is 10.7. The molecule has 2 aromatic carbocycles. The highest BCUT2D eigenvalue weighted by molar-refractivity contribution is 8.00. The molecule has 1 aliphatic carbocycles. The van der Waals surface area contributed by atoms with Crippen LogP contribution in [0.2, 0.25) is 0 Å². The second-order valence-electron chi connectivity index (χ2n) is 6.20. The SMILES string of the molecule is C[C@H]1CCCC[C@H]1NC(=O)CSc1cccc2ccccc12. The van der Waals surface area contributed by atoms with Gasteiger partial charge in [0, 0.05) is 10.9 Å². The maximum Gasteiger partial charge on any atom is 0.230 e. The molecule has 0 bridgehead atoms. The smallest absolute Gasteiger partial charge is 0.230 e. The lowest BCUT2D eigenvalue weighted by Gasteiger charge is -2.29. The summed E-state index contributed by atoms with van der Waals surface area (Å²) >= 11 is 1.64. The average molecular weight is 313 g/mol. The van der Waals surface area contributed by atoms with E-state index >= 15 is 0 Å². The molecule has 0 spiro atoms. The minimum absolute atomic E-state index is 0.164. The quantitative estimate of drug-likeness (QED) is 0.834. The van der Waals surface area contributed by atoms with Crippen LogP contribution in [0.1, 0.15) is 32.6 Å². The Morgan fingerprint density at radius 3 is 2.77 bits per heavy atom. The maximum atomic E-state index is 12.2. The first-order valence-electron chi connectivity index (χ1n) is 8.14. The molecule has 0 aromatic heterocycles. The molecule has 1 aliphatic rings. The third-order valence-corrected chi connectivity index (χ3v) is 5.64. The number of fused-ring (bicyclic) bond motifs is 1. The molecule has 0 saturated heterocycles. The number of hydrogen-bond acceptors (Lipinski definition) is 2. The van der Waals surface area contributed by atoms with E-state index in [0.29, 0.717) is 17.7 Å². The summed E-state index contributed by atoms with van der Waals surface area (Å²) < 4.78 is 0. The number of thioether (sulfide) groups is 1. The molecular formula is C19H23NOS. The number of rotatable bonds is 4. The van der Waals surface area contributed by atoms with Crippen molar-refractivity contribution in [3.8, 4) is 0 Å². The minimum atomic E-state index is 0.164. The van der Waals surface area contributed by atoms with Gasteiger partial charge in [-0.3, -0.25) is 4.79 Å². The number of benzene rings is 2. The molecule has 0 heterocycles. The van der Waals surface area contributed by atoms with Gasteiger partial charge in [0.05, 0.1) is 5.75 Å². The van der Waals surface area contributed by atoms with Gasteiger partial charge in [0.2, 0.25) is 5.91 Å². The van der Waals surface area contributed by atoms with Crippen molar-refractivity contribution in [1.29, 1.82) is 0 Å². The zero-order chi connectivity index (χ0) is 15.4. The molecule has 3 heteroatoms. The third-order valence-electron chi connectivity index (χ3n) is 4.57. The van der Waals surface area contributed by atoms with Crippen LogP contribution in [0.25, 0.3) is 10.8 Å². The highest BCUT2D eigenvalue weighted by Crippen LogP contribution is 2.28. The molecule has 0 aliphatic heterocycles. The van der Waals surface area contributed by atoms with Crippen LogP contribution in [0.15, 0.2) is 47.4 Å². The van der Waals surface area contributed by atoms with E-state index in [2.05, 4.69) is 48.6 Å². The van der Waals surface area contributed by atoms with Crippen LogP contribution < -0.4 is 5.32 Å². The van der Waals surface area contributed by atoms with Crippen molar-refractivity contribution >= 4 is 28.4 Å². The lowest BCUT2D eigenvalue weighted by molar-refractivity contribution is -0.119. The maximum absolute atomic E-state index is 12.2. The molecule has 1 amide bonds. The van der Waals surface area contributed by atoms with Gasteiger partial charge in [0.25, 0.3) is 0 Å². The van der Waals surface area contributed by atoms with E-state index < -0.39 is 0 Å². The first kappa shape index (κ1) is 15.4. The van der Waals surface area contributed by atoms with E-state index in [9.17, 15) is 4.79 Å². The normalized spacial score (nSPS) is 21.7. The fourth-order valence-electron chi connectivity index (χ4n) is 3.24. The van der Waals surface area contributed by atoms with Crippen LogP contribution in [0.5, 0.6) is 0 Å². The van der Waals surface area contributed by atoms with E-state index in [-0.39, 0.29) is 5.91 Å². The van der Waals surface area contributed by atoms with Crippen molar-refractivity contribution < 1.29 is 4.79 Å². The second kappa shape index (κ2) is 7.19. The summed E-state index contributed by atoms with van der Waals surface area (Å²) in [5.41, 5.74) is 0. The lowest BCUT2D eigenvalue weighted by atomic mass is 9.86. The zero-order valence-electron chi connectivity index (χ0n) is 13.0. The minimum Gasteiger partial charge on any atom is -0.352 e. The topological polar surface area (TPSA) is 29.1 Å². The van der Waals surface area contributed by atoms with Gasteiger partial charge in [-0.15, -0.1) is 11.8 Å². The Bertz CT molecular complexity index is 649. The predicted octanol–water partition coefficient (Wildman–Crippen LogP) is 4.63. The zero-order valence-corrected chi connectivity index (χ0v) is 13.9. The van der Waals surface area contributed by atoms with Gasteiger partial charge in [0.1, 0.15) is 0 Å². The molecular weight excluding hydrogens is 290 g/mol. The fraction of sp³-hybridized carbons (Fsp3) is 0.421. The van der Waals surface area contributed by atoms with Crippen molar-refractivity contribution in [3.63, 3.8) is 0 Å². The Morgan fingerprint density at radius 2 is 1.91 bits per heavy atom. The lowest BCUT2D eigenvalue weighted by Crippen LogP contribution is -2.41. The molecule has 1 saturated carbocycles. The Morgan fingerprint density at radius 1 is 1.14 bits per heavy atom. The molecule has 3 rings (SSSR count). The fourth-order valence-corrected chi connectivity index (χ4v) is 4.13. The molecule has 0 unspecified atom stereocenters. The largest absolute Gasteiger partial charge is 0.352 e. The Labute approximate surface area is 136 Å². The van der Waals surface area contributed by atoms with Crippen LogP contribution in [-0.2, 0) is 4.79 Å². The monoisotopic (exact) mass is 313 g/mol. The third kappa shape index (κ3) is 3.64. The highest BCUT2D eigenvalue weighted by Gasteiger charge is 2.22. The van der Waals surface area contributed by atoms with Crippen LogP contribution >= 0.6 is 11.8 Å². The van der Waals surface area contributed by atoms with Crippen molar-refractivity contribution in [1.82, 2.24) is 5.32 Å². The molecule has 2 aromatic rings. The summed E-state index contributed by atoms with van der Waals surface area (Å²) in [6.07, 6.45) is 4.91. The van der Waals surface area contributed by atoms with E-state index in [1.807, 2.05) is 6.07 Å². The summed E-state index contributed by atoms with van der Waals surface area (Å²) in [6, 6.07) is 15.0. The average Bonchev–Trinajstić information content (AvgIpc) is 2.55. The molecule has 116 valence electrons. The molecule has 2 nitrogen and oxygen atoms in total. The van der Waals surface area contributed by atoms with E-state index in [4.69, 9.17) is 0 Å². The van der Waals surface area contributed by atoms with Gasteiger partial charge in [-0.2, -0.15) is 0 Å². The molecule has 2 atom stereocenters. The van der Waals surface area contributed by atoms with Crippen LogP contribution in [-0.4, -0.2) is 17.7 Å². The summed E-state index contributed by atoms with van der Waals surface area (Å²) in [5.74, 6) is 1.27. The summed E-state index contributed by atoms with van der Waals surface area (Å²) in [7, 11) is 0. The van der Waals surface area contributed by atoms with Gasteiger partial charge >= 0.3 is 0 Å². The number of carbonyl (C=O) groups excluding carboxylic acids is 1. The van der Waals surface area contributed by atoms with Gasteiger partial charge < -0.3 is 5.32 Å². The predicted molar refractivity (Wildman–Crippen MR) is 94.2 cm³/mol. The molecule has 1 fully saturated rings. The first-order valence-corrected chi connectivity index (χ1v) is 9.12. The van der Waals surface area contributed by atoms with Crippen molar-refractivity contribution in [2.45, 2.75) is 43.5 Å². The Balaban J connectivity index is 1.60. The van der Waals surface area contributed by atoms with Crippen LogP contribution in [0.3, 0.4) is 0 Å². The Kier molecular flexibility index (Phi) is 5.04. The van der Waals surface area contributed by atoms with Crippen LogP contribution in [0, 0.1) is 5.92 Å².